The van der Waals surface area contributed by atoms with Crippen LogP contribution >= 0.6 is 0 Å². The Bertz CT molecular complexity index is 1220. The Labute approximate surface area is 196 Å². The van der Waals surface area contributed by atoms with E-state index in [4.69, 9.17) is 20.1 Å². The molecule has 0 atom stereocenters. The highest BCUT2D eigenvalue weighted by Crippen LogP contribution is 2.33. The molecule has 3 aromatic rings. The Morgan fingerprint density at radius 1 is 1.26 bits per heavy atom. The number of carbonyl (C=O) groups is 1. The number of rotatable bonds is 5. The molecule has 0 unspecified atom stereocenters. The number of fused-ring (bicyclic) bond motifs is 1. The van der Waals surface area contributed by atoms with Gasteiger partial charge in [-0.2, -0.15) is 5.53 Å². The minimum absolute atomic E-state index is 0.0892. The Morgan fingerprint density at radius 3 is 2.62 bits per heavy atom. The Morgan fingerprint density at radius 2 is 2.00 bits per heavy atom. The Hall–Kier alpha value is -3.82. The lowest BCUT2D eigenvalue weighted by Gasteiger charge is -2.32. The fourth-order valence-electron chi connectivity index (χ4n) is 3.96. The van der Waals surface area contributed by atoms with Crippen LogP contribution in [0.3, 0.4) is 0 Å². The number of oxazole rings is 1. The van der Waals surface area contributed by atoms with Gasteiger partial charge in [0.2, 0.25) is 0 Å². The van der Waals surface area contributed by atoms with Crippen molar-refractivity contribution in [3.63, 3.8) is 0 Å². The lowest BCUT2D eigenvalue weighted by molar-refractivity contribution is 0.0199. The van der Waals surface area contributed by atoms with Crippen molar-refractivity contribution < 1.29 is 18.3 Å². The van der Waals surface area contributed by atoms with Crippen LogP contribution in [0.4, 0.5) is 14.9 Å². The van der Waals surface area contributed by atoms with Gasteiger partial charge in [0.1, 0.15) is 23.3 Å². The van der Waals surface area contributed by atoms with E-state index in [-0.39, 0.29) is 17.7 Å². The molecule has 1 saturated heterocycles. The minimum Gasteiger partial charge on any atom is -0.444 e. The molecule has 2 N–H and O–H groups in total. The van der Waals surface area contributed by atoms with Gasteiger partial charge in [-0.1, -0.05) is 11.3 Å². The van der Waals surface area contributed by atoms with E-state index in [2.05, 4.69) is 10.2 Å². The number of hydrogen-bond donors (Lipinski definition) is 2. The van der Waals surface area contributed by atoms with Crippen molar-refractivity contribution in [2.24, 2.45) is 5.22 Å². The van der Waals surface area contributed by atoms with Gasteiger partial charge in [-0.15, -0.1) is 0 Å². The number of nitrogens with one attached hydrogen (secondary N) is 2. The molecule has 1 aliphatic heterocycles. The number of carbonyl (C=O) groups excluding carboxylic acids is 1. The summed E-state index contributed by atoms with van der Waals surface area (Å²) in [5, 5.41) is 11.4. The maximum absolute atomic E-state index is 14.8. The molecule has 1 amide bonds. The maximum atomic E-state index is 14.8. The minimum atomic E-state index is -0.526. The second-order valence-electron chi connectivity index (χ2n) is 9.21. The first kappa shape index (κ1) is 23.3. The van der Waals surface area contributed by atoms with E-state index in [1.807, 2.05) is 20.8 Å². The van der Waals surface area contributed by atoms with Crippen LogP contribution < -0.4 is 5.01 Å². The third-order valence-electron chi connectivity index (χ3n) is 5.66. The molecule has 0 bridgehead atoms. The highest BCUT2D eigenvalue weighted by Gasteiger charge is 2.29. The van der Waals surface area contributed by atoms with Crippen molar-refractivity contribution in [1.82, 2.24) is 9.88 Å². The largest absolute Gasteiger partial charge is 0.444 e. The lowest BCUT2D eigenvalue weighted by Crippen LogP contribution is -2.41. The predicted octanol–water partition coefficient (Wildman–Crippen LogP) is 6.11. The average Bonchev–Trinajstić information content (AvgIpc) is 3.22. The van der Waals surface area contributed by atoms with Crippen LogP contribution in [0.1, 0.15) is 45.4 Å². The van der Waals surface area contributed by atoms with Gasteiger partial charge < -0.3 is 14.1 Å². The average molecular weight is 467 g/mol. The van der Waals surface area contributed by atoms with Crippen molar-refractivity contribution >= 4 is 29.2 Å². The van der Waals surface area contributed by atoms with Gasteiger partial charge in [-0.25, -0.2) is 19.2 Å². The number of amides is 1. The summed E-state index contributed by atoms with van der Waals surface area (Å²) in [6.45, 7) is 6.69. The summed E-state index contributed by atoms with van der Waals surface area (Å²) in [6, 6.07) is 9.73. The van der Waals surface area contributed by atoms with Crippen molar-refractivity contribution in [2.45, 2.75) is 45.1 Å². The van der Waals surface area contributed by atoms with E-state index in [1.54, 1.807) is 35.2 Å². The zero-order valence-corrected chi connectivity index (χ0v) is 19.3. The van der Waals surface area contributed by atoms with Gasteiger partial charge in [0, 0.05) is 30.6 Å². The van der Waals surface area contributed by atoms with E-state index >= 15 is 0 Å². The van der Waals surface area contributed by atoms with E-state index in [1.165, 1.54) is 6.07 Å². The number of hydrogen-bond acceptors (Lipinski definition) is 7. The molecule has 2 heterocycles. The molecular weight excluding hydrogens is 439 g/mol. The van der Waals surface area contributed by atoms with Gasteiger partial charge in [0.05, 0.1) is 5.69 Å². The molecule has 0 spiro atoms. The summed E-state index contributed by atoms with van der Waals surface area (Å²) < 4.78 is 26.2. The van der Waals surface area contributed by atoms with Gasteiger partial charge in [0.15, 0.2) is 11.5 Å². The molecule has 0 saturated carbocycles. The number of nitrogens with zero attached hydrogens (tertiary/aromatic N) is 4. The van der Waals surface area contributed by atoms with Gasteiger partial charge in [-0.05, 0) is 63.4 Å². The Kier molecular flexibility index (Phi) is 6.32. The zero-order chi connectivity index (χ0) is 24.5. The summed E-state index contributed by atoms with van der Waals surface area (Å²) in [7, 11) is 0. The molecule has 34 heavy (non-hydrogen) atoms. The lowest BCUT2D eigenvalue weighted by atomic mass is 9.97. The second-order valence-corrected chi connectivity index (χ2v) is 9.21. The van der Waals surface area contributed by atoms with Gasteiger partial charge in [0.25, 0.3) is 0 Å². The van der Waals surface area contributed by atoms with Crippen LogP contribution in [-0.4, -0.2) is 41.0 Å². The smallest absolute Gasteiger partial charge is 0.410 e. The standard InChI is InChI=1S/C24H27FN6O3/c1-24(2,3)34-23(32)30-10-8-15(9-11-30)22-28-20-12-16(4-7-21(20)33-22)18-6-5-17(13-19(18)25)31(14-26)29-27/h4-7,12-15,26-27H,8-11H2,1-3H3. The normalized spacial score (nSPS) is 14.8. The van der Waals surface area contributed by atoms with Crippen molar-refractivity contribution in [3.8, 4) is 11.1 Å². The number of piperidine rings is 1. The molecule has 9 nitrogen and oxygen atoms in total. The first-order chi connectivity index (χ1) is 16.2. The third kappa shape index (κ3) is 4.90. The SMILES string of the molecule is CC(C)(C)OC(=O)N1CCC(c2nc3cc(-c4ccc(N(C=N)N=N)cc4F)ccc3o2)CC1. The molecular formula is C24H27FN6O3. The number of likely N-dealkylation sites (tertiary alicyclic amines) is 1. The summed E-state index contributed by atoms with van der Waals surface area (Å²) in [4.78, 5) is 18.7. The number of halogens is 1. The van der Waals surface area contributed by atoms with Crippen LogP contribution in [0, 0.1) is 16.8 Å². The molecule has 1 aromatic heterocycles. The third-order valence-corrected chi connectivity index (χ3v) is 5.66. The fraction of sp³-hybridized carbons (Fsp3) is 0.375. The maximum Gasteiger partial charge on any atom is 0.410 e. The number of benzene rings is 2. The van der Waals surface area contributed by atoms with Gasteiger partial charge >= 0.3 is 6.09 Å². The molecule has 1 fully saturated rings. The second kappa shape index (κ2) is 9.20. The quantitative estimate of drug-likeness (QED) is 0.204. The number of anilines is 1. The van der Waals surface area contributed by atoms with E-state index in [9.17, 15) is 9.18 Å². The fourth-order valence-corrected chi connectivity index (χ4v) is 3.96. The number of ether oxygens (including phenoxy) is 1. The van der Waals surface area contributed by atoms with Crippen LogP contribution in [0.15, 0.2) is 46.0 Å². The first-order valence-corrected chi connectivity index (χ1v) is 11.0. The molecule has 0 aliphatic carbocycles. The molecule has 1 aliphatic rings. The van der Waals surface area contributed by atoms with Gasteiger partial charge in [-0.3, -0.25) is 5.41 Å². The van der Waals surface area contributed by atoms with Crippen LogP contribution in [0.2, 0.25) is 0 Å². The van der Waals surface area contributed by atoms with Crippen LogP contribution in [-0.2, 0) is 4.74 Å². The Balaban J connectivity index is 1.50. The molecule has 4 rings (SSSR count). The van der Waals surface area contributed by atoms with Crippen LogP contribution in [0.5, 0.6) is 0 Å². The topological polar surface area (TPSA) is 119 Å². The van der Waals surface area contributed by atoms with E-state index < -0.39 is 11.4 Å². The predicted molar refractivity (Wildman–Crippen MR) is 126 cm³/mol. The highest BCUT2D eigenvalue weighted by atomic mass is 19.1. The van der Waals surface area contributed by atoms with E-state index in [0.29, 0.717) is 41.2 Å². The van der Waals surface area contributed by atoms with Crippen molar-refractivity contribution in [2.75, 3.05) is 18.1 Å². The van der Waals surface area contributed by atoms with Crippen molar-refractivity contribution in [1.29, 1.82) is 10.9 Å². The number of aromatic nitrogens is 1. The summed E-state index contributed by atoms with van der Waals surface area (Å²) in [5.74, 6) is 0.211. The van der Waals surface area contributed by atoms with Crippen LogP contribution in [0.25, 0.3) is 22.2 Å². The van der Waals surface area contributed by atoms with E-state index in [0.717, 1.165) is 24.2 Å². The molecule has 10 heteroatoms. The van der Waals surface area contributed by atoms with Crippen molar-refractivity contribution in [3.05, 3.63) is 48.1 Å². The summed E-state index contributed by atoms with van der Waals surface area (Å²) >= 11 is 0. The molecule has 0 radical (unpaired) electrons. The monoisotopic (exact) mass is 466 g/mol. The summed E-state index contributed by atoms with van der Waals surface area (Å²) in [5.41, 5.74) is 9.08. The molecule has 178 valence electrons. The highest BCUT2D eigenvalue weighted by molar-refractivity contribution is 5.82. The molecule has 2 aromatic carbocycles. The summed E-state index contributed by atoms with van der Waals surface area (Å²) in [6.07, 6.45) is 1.98. The first-order valence-electron chi connectivity index (χ1n) is 11.0. The zero-order valence-electron chi connectivity index (χ0n) is 19.3.